The third-order valence-electron chi connectivity index (χ3n) is 2.91. The molecule has 6 heteroatoms. The fraction of sp³-hybridized carbons (Fsp3) is 0.167. The Hall–Kier alpha value is -2.37. The molecule has 0 bridgehead atoms. The molecule has 0 fully saturated rings. The van der Waals surface area contributed by atoms with Crippen LogP contribution in [0.4, 0.5) is 14.9 Å². The minimum atomic E-state index is -0.374. The number of anilines is 1. The molecular weight excluding hydrogens is 235 g/mol. The Kier molecular flexibility index (Phi) is 2.29. The molecular formula is C12H11FN4O. The van der Waals surface area contributed by atoms with Crippen molar-refractivity contribution in [2.45, 2.75) is 6.04 Å². The molecule has 5 nitrogen and oxygen atoms in total. The van der Waals surface area contributed by atoms with Crippen LogP contribution >= 0.6 is 0 Å². The van der Waals surface area contributed by atoms with E-state index in [2.05, 4.69) is 15.7 Å². The number of carbonyl (C=O) groups is 1. The maximum Gasteiger partial charge on any atom is 0.320 e. The fourth-order valence-corrected chi connectivity index (χ4v) is 2.11. The summed E-state index contributed by atoms with van der Waals surface area (Å²) in [5, 5.41) is 9.46. The van der Waals surface area contributed by atoms with Crippen molar-refractivity contribution in [2.24, 2.45) is 7.05 Å². The SMILES string of the molecule is Cn1cc(C2NC(=O)Nc3cc(F)ccc32)cn1. The van der Waals surface area contributed by atoms with E-state index in [-0.39, 0.29) is 17.9 Å². The number of nitrogens with zero attached hydrogens (tertiary/aromatic N) is 2. The van der Waals surface area contributed by atoms with Gasteiger partial charge in [-0.1, -0.05) is 6.07 Å². The van der Waals surface area contributed by atoms with Gasteiger partial charge in [-0.15, -0.1) is 0 Å². The van der Waals surface area contributed by atoms with E-state index in [1.165, 1.54) is 12.1 Å². The van der Waals surface area contributed by atoms with Crippen LogP contribution in [-0.2, 0) is 7.05 Å². The second-order valence-electron chi connectivity index (χ2n) is 4.21. The molecule has 0 saturated carbocycles. The highest BCUT2D eigenvalue weighted by molar-refractivity contribution is 5.93. The van der Waals surface area contributed by atoms with Gasteiger partial charge in [0.05, 0.1) is 17.9 Å². The van der Waals surface area contributed by atoms with Crippen molar-refractivity contribution < 1.29 is 9.18 Å². The summed E-state index contributed by atoms with van der Waals surface area (Å²) < 4.78 is 14.8. The number of aromatic nitrogens is 2. The Morgan fingerprint density at radius 1 is 1.44 bits per heavy atom. The number of rotatable bonds is 1. The first-order valence-corrected chi connectivity index (χ1v) is 5.49. The number of carbonyl (C=O) groups excluding carboxylic acids is 1. The first-order valence-electron chi connectivity index (χ1n) is 5.49. The lowest BCUT2D eigenvalue weighted by Gasteiger charge is -2.26. The second kappa shape index (κ2) is 3.83. The molecule has 1 aromatic heterocycles. The van der Waals surface area contributed by atoms with Crippen LogP contribution in [0, 0.1) is 5.82 Å². The predicted molar refractivity (Wildman–Crippen MR) is 63.6 cm³/mol. The van der Waals surface area contributed by atoms with Crippen LogP contribution in [0.5, 0.6) is 0 Å². The van der Waals surface area contributed by atoms with Crippen LogP contribution in [0.15, 0.2) is 30.6 Å². The Labute approximate surface area is 103 Å². The molecule has 2 N–H and O–H groups in total. The average Bonchev–Trinajstić information content (AvgIpc) is 2.74. The molecule has 0 radical (unpaired) electrons. The zero-order valence-corrected chi connectivity index (χ0v) is 9.64. The molecule has 1 aliphatic rings. The van der Waals surface area contributed by atoms with E-state index in [4.69, 9.17) is 0 Å². The number of amides is 2. The lowest BCUT2D eigenvalue weighted by atomic mass is 9.98. The van der Waals surface area contributed by atoms with Gasteiger partial charge in [-0.05, 0) is 12.1 Å². The minimum absolute atomic E-state index is 0.303. The summed E-state index contributed by atoms with van der Waals surface area (Å²) in [5.74, 6) is -0.374. The van der Waals surface area contributed by atoms with Crippen LogP contribution < -0.4 is 10.6 Å². The van der Waals surface area contributed by atoms with Crippen molar-refractivity contribution >= 4 is 11.7 Å². The van der Waals surface area contributed by atoms with Gasteiger partial charge in [0, 0.05) is 24.4 Å². The summed E-state index contributed by atoms with van der Waals surface area (Å²) >= 11 is 0. The summed E-state index contributed by atoms with van der Waals surface area (Å²) in [6, 6.07) is 3.71. The highest BCUT2D eigenvalue weighted by Gasteiger charge is 2.26. The molecule has 1 aliphatic heterocycles. The van der Waals surface area contributed by atoms with Gasteiger partial charge in [-0.3, -0.25) is 4.68 Å². The minimum Gasteiger partial charge on any atom is -0.327 e. The first kappa shape index (κ1) is 10.8. The summed E-state index contributed by atoms with van der Waals surface area (Å²) in [5.41, 5.74) is 2.18. The molecule has 1 atom stereocenters. The van der Waals surface area contributed by atoms with Gasteiger partial charge < -0.3 is 10.6 Å². The topological polar surface area (TPSA) is 59.0 Å². The molecule has 0 spiro atoms. The van der Waals surface area contributed by atoms with Crippen LogP contribution in [0.3, 0.4) is 0 Å². The molecule has 18 heavy (non-hydrogen) atoms. The molecule has 92 valence electrons. The Bertz CT molecular complexity index is 622. The van der Waals surface area contributed by atoms with Gasteiger partial charge in [0.15, 0.2) is 0 Å². The maximum atomic E-state index is 13.2. The molecule has 1 unspecified atom stereocenters. The van der Waals surface area contributed by atoms with Gasteiger partial charge >= 0.3 is 6.03 Å². The Balaban J connectivity index is 2.10. The molecule has 1 aromatic carbocycles. The van der Waals surface area contributed by atoms with Crippen molar-refractivity contribution in [3.8, 4) is 0 Å². The number of benzene rings is 1. The van der Waals surface area contributed by atoms with Crippen molar-refractivity contribution in [1.29, 1.82) is 0 Å². The van der Waals surface area contributed by atoms with Gasteiger partial charge in [0.2, 0.25) is 0 Å². The third kappa shape index (κ3) is 1.71. The normalized spacial score (nSPS) is 17.9. The number of nitrogens with one attached hydrogen (secondary N) is 2. The van der Waals surface area contributed by atoms with E-state index in [1.807, 2.05) is 6.20 Å². The van der Waals surface area contributed by atoms with Crippen LogP contribution in [0.2, 0.25) is 0 Å². The number of hydrogen-bond donors (Lipinski definition) is 2. The molecule has 2 aromatic rings. The molecule has 2 amide bonds. The van der Waals surface area contributed by atoms with Gasteiger partial charge in [-0.25, -0.2) is 9.18 Å². The van der Waals surface area contributed by atoms with Crippen LogP contribution in [0.1, 0.15) is 17.2 Å². The smallest absolute Gasteiger partial charge is 0.320 e. The van der Waals surface area contributed by atoms with E-state index < -0.39 is 0 Å². The van der Waals surface area contributed by atoms with Crippen molar-refractivity contribution in [3.63, 3.8) is 0 Å². The molecule has 3 rings (SSSR count). The van der Waals surface area contributed by atoms with Gasteiger partial charge in [0.25, 0.3) is 0 Å². The summed E-state index contributed by atoms with van der Waals surface area (Å²) in [6.07, 6.45) is 3.51. The summed E-state index contributed by atoms with van der Waals surface area (Å²) in [7, 11) is 1.80. The number of hydrogen-bond acceptors (Lipinski definition) is 2. The zero-order valence-electron chi connectivity index (χ0n) is 9.64. The van der Waals surface area contributed by atoms with Crippen LogP contribution in [0.25, 0.3) is 0 Å². The number of fused-ring (bicyclic) bond motifs is 1. The predicted octanol–water partition coefficient (Wildman–Crippen LogP) is 1.78. The highest BCUT2D eigenvalue weighted by Crippen LogP contribution is 2.31. The highest BCUT2D eigenvalue weighted by atomic mass is 19.1. The third-order valence-corrected chi connectivity index (χ3v) is 2.91. The average molecular weight is 246 g/mol. The monoisotopic (exact) mass is 246 g/mol. The largest absolute Gasteiger partial charge is 0.327 e. The van der Waals surface area contributed by atoms with E-state index >= 15 is 0 Å². The lowest BCUT2D eigenvalue weighted by molar-refractivity contribution is 0.249. The second-order valence-corrected chi connectivity index (χ2v) is 4.21. The standard InChI is InChI=1S/C12H11FN4O/c1-17-6-7(5-14-17)11-9-3-2-8(13)4-10(9)15-12(18)16-11/h2-6,11H,1H3,(H2,15,16,18). The maximum absolute atomic E-state index is 13.2. The molecule has 0 aliphatic carbocycles. The Morgan fingerprint density at radius 2 is 2.28 bits per heavy atom. The summed E-state index contributed by atoms with van der Waals surface area (Å²) in [4.78, 5) is 11.6. The van der Waals surface area contributed by atoms with E-state index in [0.717, 1.165) is 11.1 Å². The molecule has 2 heterocycles. The number of halogens is 1. The molecule has 0 saturated heterocycles. The van der Waals surface area contributed by atoms with E-state index in [0.29, 0.717) is 5.69 Å². The van der Waals surface area contributed by atoms with Crippen LogP contribution in [-0.4, -0.2) is 15.8 Å². The first-order chi connectivity index (χ1) is 8.63. The van der Waals surface area contributed by atoms with Crippen molar-refractivity contribution in [3.05, 3.63) is 47.5 Å². The lowest BCUT2D eigenvalue weighted by Crippen LogP contribution is -2.38. The summed E-state index contributed by atoms with van der Waals surface area (Å²) in [6.45, 7) is 0. The number of urea groups is 1. The zero-order chi connectivity index (χ0) is 12.7. The van der Waals surface area contributed by atoms with Crippen molar-refractivity contribution in [1.82, 2.24) is 15.1 Å². The van der Waals surface area contributed by atoms with E-state index in [1.54, 1.807) is 24.0 Å². The quantitative estimate of drug-likeness (QED) is 0.805. The fourth-order valence-electron chi connectivity index (χ4n) is 2.11. The van der Waals surface area contributed by atoms with E-state index in [9.17, 15) is 9.18 Å². The van der Waals surface area contributed by atoms with Gasteiger partial charge in [-0.2, -0.15) is 5.10 Å². The number of aryl methyl sites for hydroxylation is 1. The van der Waals surface area contributed by atoms with Gasteiger partial charge in [0.1, 0.15) is 5.82 Å². The van der Waals surface area contributed by atoms with Crippen molar-refractivity contribution in [2.75, 3.05) is 5.32 Å². The Morgan fingerprint density at radius 3 is 3.00 bits per heavy atom.